The van der Waals surface area contributed by atoms with Gasteiger partial charge in [-0.2, -0.15) is 0 Å². The Bertz CT molecular complexity index is 125. The molecule has 1 nitrogen and oxygen atoms in total. The molecule has 0 aromatic rings. The SMILES string of the molecule is Cl.NC1CCCC2C(F)C12. The predicted octanol–water partition coefficient (Wildman–Crippen LogP) is 1.50. The van der Waals surface area contributed by atoms with E-state index >= 15 is 0 Å². The summed E-state index contributed by atoms with van der Waals surface area (Å²) < 4.78 is 12.7. The first-order valence-corrected chi connectivity index (χ1v) is 3.70. The third kappa shape index (κ3) is 1.04. The molecule has 0 heterocycles. The summed E-state index contributed by atoms with van der Waals surface area (Å²) in [7, 11) is 0. The van der Waals surface area contributed by atoms with E-state index in [2.05, 4.69) is 0 Å². The number of hydrogen-bond acceptors (Lipinski definition) is 1. The van der Waals surface area contributed by atoms with Gasteiger partial charge in [0.1, 0.15) is 6.17 Å². The molecule has 0 aromatic carbocycles. The van der Waals surface area contributed by atoms with Crippen LogP contribution in [0.5, 0.6) is 0 Å². The maximum Gasteiger partial charge on any atom is 0.108 e. The summed E-state index contributed by atoms with van der Waals surface area (Å²) in [4.78, 5) is 0. The minimum absolute atomic E-state index is 0. The molecule has 2 aliphatic rings. The van der Waals surface area contributed by atoms with Gasteiger partial charge in [0.05, 0.1) is 0 Å². The highest BCUT2D eigenvalue weighted by Crippen LogP contribution is 2.51. The summed E-state index contributed by atoms with van der Waals surface area (Å²) in [6, 6.07) is 0.179. The van der Waals surface area contributed by atoms with Crippen molar-refractivity contribution in [2.75, 3.05) is 0 Å². The molecule has 2 aliphatic carbocycles. The van der Waals surface area contributed by atoms with Crippen LogP contribution in [0.2, 0.25) is 0 Å². The van der Waals surface area contributed by atoms with E-state index < -0.39 is 6.17 Å². The van der Waals surface area contributed by atoms with Gasteiger partial charge in [0.2, 0.25) is 0 Å². The molecule has 0 bridgehead atoms. The fourth-order valence-electron chi connectivity index (χ4n) is 2.04. The van der Waals surface area contributed by atoms with Gasteiger partial charge in [-0.3, -0.25) is 0 Å². The Morgan fingerprint density at radius 1 is 1.30 bits per heavy atom. The maximum atomic E-state index is 12.7. The average molecular weight is 166 g/mol. The van der Waals surface area contributed by atoms with Crippen molar-refractivity contribution < 1.29 is 4.39 Å². The van der Waals surface area contributed by atoms with Gasteiger partial charge < -0.3 is 5.73 Å². The Morgan fingerprint density at radius 3 is 2.50 bits per heavy atom. The molecule has 0 saturated heterocycles. The molecule has 0 aromatic heterocycles. The first kappa shape index (κ1) is 8.28. The smallest absolute Gasteiger partial charge is 0.108 e. The highest BCUT2D eigenvalue weighted by atomic mass is 35.5. The van der Waals surface area contributed by atoms with Gasteiger partial charge in [-0.05, 0) is 18.8 Å². The summed E-state index contributed by atoms with van der Waals surface area (Å²) in [5, 5.41) is 0. The Morgan fingerprint density at radius 2 is 2.00 bits per heavy atom. The van der Waals surface area contributed by atoms with Crippen LogP contribution in [0.1, 0.15) is 19.3 Å². The lowest BCUT2D eigenvalue weighted by Gasteiger charge is -2.14. The summed E-state index contributed by atoms with van der Waals surface area (Å²) >= 11 is 0. The highest BCUT2D eigenvalue weighted by molar-refractivity contribution is 5.85. The Hall–Kier alpha value is 0.180. The van der Waals surface area contributed by atoms with Crippen LogP contribution < -0.4 is 5.73 Å². The number of fused-ring (bicyclic) bond motifs is 1. The van der Waals surface area contributed by atoms with Gasteiger partial charge in [0, 0.05) is 12.0 Å². The zero-order valence-electron chi connectivity index (χ0n) is 5.79. The highest BCUT2D eigenvalue weighted by Gasteiger charge is 2.55. The van der Waals surface area contributed by atoms with Crippen LogP contribution >= 0.6 is 12.4 Å². The fraction of sp³-hybridized carbons (Fsp3) is 1.00. The van der Waals surface area contributed by atoms with E-state index in [0.717, 1.165) is 19.3 Å². The minimum atomic E-state index is -0.539. The van der Waals surface area contributed by atoms with Crippen LogP contribution in [0.25, 0.3) is 0 Å². The van der Waals surface area contributed by atoms with Crippen LogP contribution in [0.15, 0.2) is 0 Å². The summed E-state index contributed by atoms with van der Waals surface area (Å²) in [6.07, 6.45) is 2.73. The van der Waals surface area contributed by atoms with Crippen molar-refractivity contribution in [3.05, 3.63) is 0 Å². The second kappa shape index (κ2) is 2.67. The number of nitrogens with two attached hydrogens (primary N) is 1. The van der Waals surface area contributed by atoms with E-state index in [1.165, 1.54) is 0 Å². The lowest BCUT2D eigenvalue weighted by Crippen LogP contribution is -2.26. The number of rotatable bonds is 0. The van der Waals surface area contributed by atoms with Crippen molar-refractivity contribution in [2.24, 2.45) is 17.6 Å². The van der Waals surface area contributed by atoms with Gasteiger partial charge >= 0.3 is 0 Å². The van der Waals surface area contributed by atoms with E-state index in [4.69, 9.17) is 5.73 Å². The molecular formula is C7H13ClFN. The fourth-order valence-corrected chi connectivity index (χ4v) is 2.04. The molecule has 4 atom stereocenters. The first-order chi connectivity index (χ1) is 4.30. The molecular weight excluding hydrogens is 153 g/mol. The van der Waals surface area contributed by atoms with E-state index in [1.807, 2.05) is 0 Å². The number of halogens is 2. The Kier molecular flexibility index (Phi) is 2.21. The molecule has 2 fully saturated rings. The molecule has 0 radical (unpaired) electrons. The normalized spacial score (nSPS) is 51.0. The van der Waals surface area contributed by atoms with Crippen molar-refractivity contribution >= 4 is 12.4 Å². The average Bonchev–Trinajstić information content (AvgIpc) is 2.45. The van der Waals surface area contributed by atoms with Crippen molar-refractivity contribution in [3.63, 3.8) is 0 Å². The van der Waals surface area contributed by atoms with Gasteiger partial charge in [-0.25, -0.2) is 4.39 Å². The molecule has 0 aliphatic heterocycles. The first-order valence-electron chi connectivity index (χ1n) is 3.70. The number of hydrogen-bond donors (Lipinski definition) is 1. The third-order valence-electron chi connectivity index (χ3n) is 2.70. The van der Waals surface area contributed by atoms with Crippen LogP contribution in [-0.4, -0.2) is 12.2 Å². The van der Waals surface area contributed by atoms with Crippen LogP contribution in [0, 0.1) is 11.8 Å². The zero-order chi connectivity index (χ0) is 6.43. The van der Waals surface area contributed by atoms with E-state index in [1.54, 1.807) is 0 Å². The largest absolute Gasteiger partial charge is 0.327 e. The molecule has 2 rings (SSSR count). The molecule has 0 spiro atoms. The lowest BCUT2D eigenvalue weighted by atomic mass is 9.96. The Labute approximate surface area is 66.6 Å². The molecule has 10 heavy (non-hydrogen) atoms. The predicted molar refractivity (Wildman–Crippen MR) is 41.0 cm³/mol. The van der Waals surface area contributed by atoms with Crippen LogP contribution in [-0.2, 0) is 0 Å². The second-order valence-electron chi connectivity index (χ2n) is 3.28. The summed E-state index contributed by atoms with van der Waals surface area (Å²) in [5.74, 6) is 0.604. The van der Waals surface area contributed by atoms with Crippen molar-refractivity contribution in [3.8, 4) is 0 Å². The van der Waals surface area contributed by atoms with Gasteiger partial charge in [-0.15, -0.1) is 12.4 Å². The molecule has 0 amide bonds. The third-order valence-corrected chi connectivity index (χ3v) is 2.70. The van der Waals surface area contributed by atoms with Crippen molar-refractivity contribution in [2.45, 2.75) is 31.5 Å². The second-order valence-corrected chi connectivity index (χ2v) is 3.28. The van der Waals surface area contributed by atoms with Gasteiger partial charge in [0.25, 0.3) is 0 Å². The maximum absolute atomic E-state index is 12.7. The topological polar surface area (TPSA) is 26.0 Å². The van der Waals surface area contributed by atoms with Gasteiger partial charge in [-0.1, -0.05) is 6.42 Å². The van der Waals surface area contributed by atoms with Gasteiger partial charge in [0.15, 0.2) is 0 Å². The van der Waals surface area contributed by atoms with Crippen molar-refractivity contribution in [1.82, 2.24) is 0 Å². The monoisotopic (exact) mass is 165 g/mol. The minimum Gasteiger partial charge on any atom is -0.327 e. The van der Waals surface area contributed by atoms with Crippen LogP contribution in [0.3, 0.4) is 0 Å². The molecule has 2 N–H and O–H groups in total. The standard InChI is InChI=1S/C7H12FN.ClH/c8-7-4-2-1-3-5(9)6(4)7;/h4-7H,1-3,9H2;1H. The lowest BCUT2D eigenvalue weighted by molar-refractivity contribution is 0.406. The molecule has 3 heteroatoms. The quantitative estimate of drug-likeness (QED) is 0.579. The summed E-state index contributed by atoms with van der Waals surface area (Å²) in [6.45, 7) is 0. The van der Waals surface area contributed by atoms with E-state index in [0.29, 0.717) is 5.92 Å². The van der Waals surface area contributed by atoms with E-state index in [9.17, 15) is 4.39 Å². The van der Waals surface area contributed by atoms with Crippen molar-refractivity contribution in [1.29, 1.82) is 0 Å². The molecule has 2 saturated carbocycles. The van der Waals surface area contributed by atoms with E-state index in [-0.39, 0.29) is 24.4 Å². The van der Waals surface area contributed by atoms with Crippen LogP contribution in [0.4, 0.5) is 4.39 Å². The summed E-state index contributed by atoms with van der Waals surface area (Å²) in [5.41, 5.74) is 5.67. The number of alkyl halides is 1. The zero-order valence-corrected chi connectivity index (χ0v) is 6.61. The molecule has 60 valence electrons. The Balaban J connectivity index is 0.000000500. The molecule has 4 unspecified atom stereocenters.